The highest BCUT2D eigenvalue weighted by Gasteiger charge is 2.18. The van der Waals surface area contributed by atoms with Crippen molar-refractivity contribution >= 4 is 5.91 Å². The molecule has 0 heterocycles. The summed E-state index contributed by atoms with van der Waals surface area (Å²) in [5.41, 5.74) is 0. The Balaban J connectivity index is 3.47. The molecular formula is C62H115NO3. The third-order valence-corrected chi connectivity index (χ3v) is 13.5. The molecular weight excluding hydrogens is 807 g/mol. The number of rotatable bonds is 54. The Kier molecular flexibility index (Phi) is 55.7. The van der Waals surface area contributed by atoms with E-state index in [0.29, 0.717) is 6.42 Å². The van der Waals surface area contributed by atoms with Crippen LogP contribution in [0.3, 0.4) is 0 Å². The monoisotopic (exact) mass is 922 g/mol. The van der Waals surface area contributed by atoms with Gasteiger partial charge in [-0.2, -0.15) is 0 Å². The van der Waals surface area contributed by atoms with Crippen LogP contribution in [0, 0.1) is 0 Å². The summed E-state index contributed by atoms with van der Waals surface area (Å²) < 4.78 is 0. The molecule has 0 spiro atoms. The predicted octanol–water partition coefficient (Wildman–Crippen LogP) is 19.6. The minimum Gasteiger partial charge on any atom is -0.394 e. The SMILES string of the molecule is CC/C=C\C/C=C\C/C=C\C/C=C\CCCCCCCCCCC(=O)NC(CO)C(O)/C=C/CCCCCCCCCCCCCCCCCCCCCCCCCCCCCCCCC. The van der Waals surface area contributed by atoms with Crippen molar-refractivity contribution in [2.75, 3.05) is 6.61 Å². The van der Waals surface area contributed by atoms with Crippen molar-refractivity contribution < 1.29 is 15.0 Å². The predicted molar refractivity (Wildman–Crippen MR) is 294 cm³/mol. The van der Waals surface area contributed by atoms with E-state index in [2.05, 4.69) is 67.8 Å². The van der Waals surface area contributed by atoms with Crippen molar-refractivity contribution in [2.45, 2.75) is 321 Å². The van der Waals surface area contributed by atoms with E-state index in [9.17, 15) is 15.0 Å². The van der Waals surface area contributed by atoms with Crippen LogP contribution in [0.25, 0.3) is 0 Å². The van der Waals surface area contributed by atoms with Gasteiger partial charge in [-0.15, -0.1) is 0 Å². The second-order valence-corrected chi connectivity index (χ2v) is 20.0. The van der Waals surface area contributed by atoms with Crippen LogP contribution in [0.15, 0.2) is 60.8 Å². The molecule has 4 nitrogen and oxygen atoms in total. The number of hydrogen-bond donors (Lipinski definition) is 3. The lowest BCUT2D eigenvalue weighted by molar-refractivity contribution is -0.123. The second kappa shape index (κ2) is 57.4. The zero-order valence-corrected chi connectivity index (χ0v) is 44.5. The molecule has 0 aliphatic heterocycles. The number of carbonyl (C=O) groups is 1. The molecule has 1 amide bonds. The van der Waals surface area contributed by atoms with Gasteiger partial charge in [0.15, 0.2) is 0 Å². The minimum atomic E-state index is -0.847. The molecule has 0 aliphatic rings. The number of aliphatic hydroxyl groups is 2. The quantitative estimate of drug-likeness (QED) is 0.0420. The number of hydrogen-bond acceptors (Lipinski definition) is 3. The maximum atomic E-state index is 12.5. The third-order valence-electron chi connectivity index (χ3n) is 13.5. The van der Waals surface area contributed by atoms with Gasteiger partial charge in [-0.25, -0.2) is 0 Å². The van der Waals surface area contributed by atoms with Crippen molar-refractivity contribution in [3.05, 3.63) is 60.8 Å². The van der Waals surface area contributed by atoms with Crippen LogP contribution in [-0.4, -0.2) is 34.9 Å². The molecule has 4 heteroatoms. The van der Waals surface area contributed by atoms with Crippen LogP contribution in [0.1, 0.15) is 309 Å². The van der Waals surface area contributed by atoms with Gasteiger partial charge in [-0.3, -0.25) is 4.79 Å². The lowest BCUT2D eigenvalue weighted by atomic mass is 10.0. The minimum absolute atomic E-state index is 0.0708. The van der Waals surface area contributed by atoms with Gasteiger partial charge in [0, 0.05) is 6.42 Å². The normalized spacial score (nSPS) is 13.2. The summed E-state index contributed by atoms with van der Waals surface area (Å²) in [5, 5.41) is 23.2. The lowest BCUT2D eigenvalue weighted by Crippen LogP contribution is -2.45. The van der Waals surface area contributed by atoms with Crippen LogP contribution >= 0.6 is 0 Å². The van der Waals surface area contributed by atoms with Gasteiger partial charge in [-0.05, 0) is 57.8 Å². The molecule has 0 saturated heterocycles. The molecule has 2 unspecified atom stereocenters. The maximum Gasteiger partial charge on any atom is 0.220 e. The first-order chi connectivity index (χ1) is 32.7. The molecule has 0 aromatic rings. The molecule has 0 aliphatic carbocycles. The van der Waals surface area contributed by atoms with Crippen LogP contribution in [0.5, 0.6) is 0 Å². The zero-order valence-electron chi connectivity index (χ0n) is 44.5. The fourth-order valence-electron chi connectivity index (χ4n) is 9.06. The summed E-state index contributed by atoms with van der Waals surface area (Å²) in [6.07, 6.45) is 81.2. The molecule has 2 atom stereocenters. The number of nitrogens with one attached hydrogen (secondary N) is 1. The van der Waals surface area contributed by atoms with E-state index in [1.165, 1.54) is 238 Å². The van der Waals surface area contributed by atoms with Gasteiger partial charge < -0.3 is 15.5 Å². The second-order valence-electron chi connectivity index (χ2n) is 20.0. The summed E-state index contributed by atoms with van der Waals surface area (Å²) in [6.45, 7) is 4.22. The molecule has 0 aromatic carbocycles. The number of amides is 1. The Morgan fingerprint density at radius 1 is 0.379 bits per heavy atom. The summed E-state index contributed by atoms with van der Waals surface area (Å²) in [4.78, 5) is 12.5. The number of carbonyl (C=O) groups excluding carboxylic acids is 1. The highest BCUT2D eigenvalue weighted by atomic mass is 16.3. The topological polar surface area (TPSA) is 69.6 Å². The molecule has 66 heavy (non-hydrogen) atoms. The van der Waals surface area contributed by atoms with E-state index in [-0.39, 0.29) is 12.5 Å². The first-order valence-electron chi connectivity index (χ1n) is 29.5. The highest BCUT2D eigenvalue weighted by molar-refractivity contribution is 5.76. The number of unbranched alkanes of at least 4 members (excludes halogenated alkanes) is 39. The fourth-order valence-corrected chi connectivity index (χ4v) is 9.06. The van der Waals surface area contributed by atoms with Crippen molar-refractivity contribution in [3.8, 4) is 0 Å². The smallest absolute Gasteiger partial charge is 0.220 e. The van der Waals surface area contributed by atoms with Gasteiger partial charge in [0.05, 0.1) is 18.8 Å². The zero-order chi connectivity index (χ0) is 47.7. The van der Waals surface area contributed by atoms with Gasteiger partial charge in [0.25, 0.3) is 0 Å². The van der Waals surface area contributed by atoms with Gasteiger partial charge >= 0.3 is 0 Å². The van der Waals surface area contributed by atoms with Crippen molar-refractivity contribution in [2.24, 2.45) is 0 Å². The van der Waals surface area contributed by atoms with Crippen LogP contribution < -0.4 is 5.32 Å². The molecule has 0 radical (unpaired) electrons. The van der Waals surface area contributed by atoms with E-state index in [1.54, 1.807) is 6.08 Å². The molecule has 0 fully saturated rings. The first-order valence-corrected chi connectivity index (χ1v) is 29.5. The first kappa shape index (κ1) is 64.1. The van der Waals surface area contributed by atoms with Gasteiger partial charge in [0.1, 0.15) is 0 Å². The lowest BCUT2D eigenvalue weighted by Gasteiger charge is -2.20. The Morgan fingerprint density at radius 2 is 0.667 bits per heavy atom. The summed E-state index contributed by atoms with van der Waals surface area (Å²) in [6, 6.07) is -0.631. The van der Waals surface area contributed by atoms with Crippen LogP contribution in [0.4, 0.5) is 0 Å². The Labute approximate surface area is 413 Å². The summed E-state index contributed by atoms with van der Waals surface area (Å²) in [7, 11) is 0. The molecule has 386 valence electrons. The van der Waals surface area contributed by atoms with Crippen molar-refractivity contribution in [1.82, 2.24) is 5.32 Å². The molecule has 0 rings (SSSR count). The summed E-state index contributed by atoms with van der Waals surface area (Å²) >= 11 is 0. The van der Waals surface area contributed by atoms with Crippen LogP contribution in [0.2, 0.25) is 0 Å². The fraction of sp³-hybridized carbons (Fsp3) is 0.823. The Hall–Kier alpha value is -1.91. The van der Waals surface area contributed by atoms with Gasteiger partial charge in [0.2, 0.25) is 5.91 Å². The Bertz CT molecular complexity index is 1090. The van der Waals surface area contributed by atoms with E-state index in [1.807, 2.05) is 6.08 Å². The van der Waals surface area contributed by atoms with E-state index >= 15 is 0 Å². The molecule has 0 bridgehead atoms. The third kappa shape index (κ3) is 53.1. The highest BCUT2D eigenvalue weighted by Crippen LogP contribution is 2.18. The molecule has 0 aromatic heterocycles. The van der Waals surface area contributed by atoms with Crippen molar-refractivity contribution in [1.29, 1.82) is 0 Å². The van der Waals surface area contributed by atoms with E-state index < -0.39 is 12.1 Å². The van der Waals surface area contributed by atoms with E-state index in [4.69, 9.17) is 0 Å². The van der Waals surface area contributed by atoms with Crippen LogP contribution in [-0.2, 0) is 4.79 Å². The van der Waals surface area contributed by atoms with E-state index in [0.717, 1.165) is 51.4 Å². The number of aliphatic hydroxyl groups excluding tert-OH is 2. The number of allylic oxidation sites excluding steroid dienone is 9. The summed E-state index contributed by atoms with van der Waals surface area (Å²) in [5.74, 6) is -0.0708. The largest absolute Gasteiger partial charge is 0.394 e. The average Bonchev–Trinajstić information content (AvgIpc) is 3.32. The molecule has 3 N–H and O–H groups in total. The van der Waals surface area contributed by atoms with Crippen molar-refractivity contribution in [3.63, 3.8) is 0 Å². The maximum absolute atomic E-state index is 12.5. The van der Waals surface area contributed by atoms with Gasteiger partial charge in [-0.1, -0.05) is 306 Å². The standard InChI is InChI=1S/C62H115NO3/c1-3-5-7-9-11-13-15-17-19-21-23-25-26-27-28-29-30-31-32-33-34-35-36-38-39-41-43-45-47-49-51-53-55-57-61(65)60(59-64)63-62(66)58-56-54-52-50-48-46-44-42-40-37-24-22-20-18-16-14-12-10-8-6-4-2/h6,8,12,14,18,20,24,37,55,57,60-61,64-65H,3-5,7,9-11,13,15-17,19,21-23,25-36,38-54,56,58-59H2,1-2H3,(H,63,66)/b8-6-,14-12-,20-18-,37-24-,57-55+. The Morgan fingerprint density at radius 3 is 1.00 bits per heavy atom. The molecule has 0 saturated carbocycles. The average molecular weight is 923 g/mol.